The zero-order valence-electron chi connectivity index (χ0n) is 6.04. The molecule has 0 aromatic heterocycles. The van der Waals surface area contributed by atoms with Crippen molar-refractivity contribution in [2.75, 3.05) is 18.6 Å². The monoisotopic (exact) mass is 164 g/mol. The maximum atomic E-state index is 10.6. The average molecular weight is 164 g/mol. The van der Waals surface area contributed by atoms with Crippen LogP contribution in [0, 0.1) is 0 Å². The third-order valence-electron chi connectivity index (χ3n) is 1.44. The van der Waals surface area contributed by atoms with Crippen LogP contribution in [0.2, 0.25) is 0 Å². The maximum Gasteiger partial charge on any atom is 0.147 e. The van der Waals surface area contributed by atoms with Crippen LogP contribution in [0.25, 0.3) is 0 Å². The first-order valence-electron chi connectivity index (χ1n) is 3.37. The van der Waals surface area contributed by atoms with E-state index in [0.717, 1.165) is 19.4 Å². The van der Waals surface area contributed by atoms with Crippen molar-refractivity contribution in [1.29, 1.82) is 0 Å². The molecule has 1 aliphatic rings. The quantitative estimate of drug-likeness (QED) is 0.558. The van der Waals surface area contributed by atoms with Crippen LogP contribution in [-0.4, -0.2) is 33.1 Å². The SMILES string of the molecule is CS(=O)(=O)CCCC1CO1. The Morgan fingerprint density at radius 3 is 2.60 bits per heavy atom. The van der Waals surface area contributed by atoms with Crippen molar-refractivity contribution in [3.63, 3.8) is 0 Å². The number of ether oxygens (including phenoxy) is 1. The Morgan fingerprint density at radius 1 is 1.60 bits per heavy atom. The van der Waals surface area contributed by atoms with Crippen LogP contribution in [0.15, 0.2) is 0 Å². The van der Waals surface area contributed by atoms with Crippen molar-refractivity contribution < 1.29 is 13.2 Å². The lowest BCUT2D eigenvalue weighted by atomic mass is 10.3. The molecule has 0 N–H and O–H groups in total. The van der Waals surface area contributed by atoms with Gasteiger partial charge in [0.15, 0.2) is 0 Å². The Morgan fingerprint density at radius 2 is 2.20 bits per heavy atom. The molecule has 0 spiro atoms. The van der Waals surface area contributed by atoms with E-state index in [-0.39, 0.29) is 0 Å². The molecule has 10 heavy (non-hydrogen) atoms. The van der Waals surface area contributed by atoms with Crippen molar-refractivity contribution in [2.24, 2.45) is 0 Å². The van der Waals surface area contributed by atoms with Gasteiger partial charge in [0, 0.05) is 12.0 Å². The number of rotatable bonds is 4. The van der Waals surface area contributed by atoms with Gasteiger partial charge >= 0.3 is 0 Å². The highest BCUT2D eigenvalue weighted by Crippen LogP contribution is 2.15. The van der Waals surface area contributed by atoms with E-state index in [1.165, 1.54) is 6.26 Å². The Labute approximate surface area is 61.3 Å². The summed E-state index contributed by atoms with van der Waals surface area (Å²) in [5.74, 6) is 0.298. The first-order valence-corrected chi connectivity index (χ1v) is 5.43. The molecule has 1 aliphatic heterocycles. The molecule has 3 nitrogen and oxygen atoms in total. The predicted octanol–water partition coefficient (Wildman–Crippen LogP) is 0.210. The van der Waals surface area contributed by atoms with Crippen LogP contribution in [0.1, 0.15) is 12.8 Å². The first kappa shape index (κ1) is 8.01. The molecule has 60 valence electrons. The van der Waals surface area contributed by atoms with Crippen LogP contribution in [-0.2, 0) is 14.6 Å². The zero-order valence-corrected chi connectivity index (χ0v) is 6.86. The standard InChI is InChI=1S/C6H12O3S/c1-10(7,8)4-2-3-6-5-9-6/h6H,2-5H2,1H3. The average Bonchev–Trinajstić information content (AvgIpc) is 2.45. The fourth-order valence-corrected chi connectivity index (χ4v) is 1.50. The fourth-order valence-electron chi connectivity index (χ4n) is 0.808. The van der Waals surface area contributed by atoms with Gasteiger partial charge in [-0.2, -0.15) is 0 Å². The highest BCUT2D eigenvalue weighted by atomic mass is 32.2. The molecule has 1 rings (SSSR count). The predicted molar refractivity (Wildman–Crippen MR) is 38.7 cm³/mol. The topological polar surface area (TPSA) is 46.7 Å². The van der Waals surface area contributed by atoms with E-state index in [4.69, 9.17) is 4.74 Å². The maximum absolute atomic E-state index is 10.6. The molecule has 1 saturated heterocycles. The number of hydrogen-bond donors (Lipinski definition) is 0. The van der Waals surface area contributed by atoms with E-state index in [2.05, 4.69) is 0 Å². The van der Waals surface area contributed by atoms with Gasteiger partial charge in [-0.15, -0.1) is 0 Å². The third kappa shape index (κ3) is 3.85. The Balaban J connectivity index is 2.04. The summed E-state index contributed by atoms with van der Waals surface area (Å²) >= 11 is 0. The molecule has 0 bridgehead atoms. The molecular formula is C6H12O3S. The van der Waals surface area contributed by atoms with E-state index in [1.54, 1.807) is 0 Å². The molecule has 0 amide bonds. The molecule has 1 heterocycles. The van der Waals surface area contributed by atoms with E-state index in [9.17, 15) is 8.42 Å². The lowest BCUT2D eigenvalue weighted by Crippen LogP contribution is -2.03. The zero-order chi connectivity index (χ0) is 7.61. The molecule has 0 radical (unpaired) electrons. The minimum atomic E-state index is -2.75. The van der Waals surface area contributed by atoms with Gasteiger partial charge in [0.2, 0.25) is 0 Å². The first-order chi connectivity index (χ1) is 4.58. The van der Waals surface area contributed by atoms with Crippen LogP contribution in [0.3, 0.4) is 0 Å². The minimum Gasteiger partial charge on any atom is -0.373 e. The summed E-state index contributed by atoms with van der Waals surface area (Å²) < 4.78 is 26.1. The summed E-state index contributed by atoms with van der Waals surface area (Å²) in [5, 5.41) is 0. The molecular weight excluding hydrogens is 152 g/mol. The second-order valence-electron chi connectivity index (χ2n) is 2.73. The van der Waals surface area contributed by atoms with Crippen molar-refractivity contribution >= 4 is 9.84 Å². The van der Waals surface area contributed by atoms with Crippen LogP contribution in [0.4, 0.5) is 0 Å². The molecule has 0 aromatic carbocycles. The van der Waals surface area contributed by atoms with Gasteiger partial charge in [-0.05, 0) is 12.8 Å². The van der Waals surface area contributed by atoms with Crippen molar-refractivity contribution in [3.05, 3.63) is 0 Å². The Hall–Kier alpha value is -0.0900. The van der Waals surface area contributed by atoms with E-state index in [1.807, 2.05) is 0 Å². The second-order valence-corrected chi connectivity index (χ2v) is 4.99. The van der Waals surface area contributed by atoms with Crippen LogP contribution in [0.5, 0.6) is 0 Å². The number of epoxide rings is 1. The van der Waals surface area contributed by atoms with Crippen molar-refractivity contribution in [3.8, 4) is 0 Å². The minimum absolute atomic E-state index is 0.298. The molecule has 4 heteroatoms. The fraction of sp³-hybridized carbons (Fsp3) is 1.00. The van der Waals surface area contributed by atoms with Crippen molar-refractivity contribution in [2.45, 2.75) is 18.9 Å². The smallest absolute Gasteiger partial charge is 0.147 e. The van der Waals surface area contributed by atoms with Crippen LogP contribution >= 0.6 is 0 Å². The van der Waals surface area contributed by atoms with Gasteiger partial charge in [0.25, 0.3) is 0 Å². The normalized spacial score (nSPS) is 24.7. The molecule has 0 aliphatic carbocycles. The van der Waals surface area contributed by atoms with Gasteiger partial charge in [-0.1, -0.05) is 0 Å². The van der Waals surface area contributed by atoms with Gasteiger partial charge in [-0.3, -0.25) is 0 Å². The summed E-state index contributed by atoms with van der Waals surface area (Å²) in [6, 6.07) is 0. The summed E-state index contributed by atoms with van der Waals surface area (Å²) in [4.78, 5) is 0. The molecule has 1 fully saturated rings. The van der Waals surface area contributed by atoms with E-state index >= 15 is 0 Å². The molecule has 0 aromatic rings. The summed E-state index contributed by atoms with van der Waals surface area (Å²) in [6.07, 6.45) is 3.26. The molecule has 1 atom stereocenters. The number of hydrogen-bond acceptors (Lipinski definition) is 3. The highest BCUT2D eigenvalue weighted by Gasteiger charge is 2.21. The van der Waals surface area contributed by atoms with E-state index in [0.29, 0.717) is 11.9 Å². The summed E-state index contributed by atoms with van der Waals surface area (Å²) in [6.45, 7) is 0.823. The summed E-state index contributed by atoms with van der Waals surface area (Å²) in [5.41, 5.74) is 0. The molecule has 0 saturated carbocycles. The largest absolute Gasteiger partial charge is 0.373 e. The number of sulfone groups is 1. The molecule has 1 unspecified atom stereocenters. The van der Waals surface area contributed by atoms with Gasteiger partial charge in [0.1, 0.15) is 9.84 Å². The van der Waals surface area contributed by atoms with E-state index < -0.39 is 9.84 Å². The third-order valence-corrected chi connectivity index (χ3v) is 2.47. The second kappa shape index (κ2) is 2.88. The van der Waals surface area contributed by atoms with Gasteiger partial charge < -0.3 is 4.74 Å². The lowest BCUT2D eigenvalue weighted by Gasteiger charge is -1.94. The highest BCUT2D eigenvalue weighted by molar-refractivity contribution is 7.90. The lowest BCUT2D eigenvalue weighted by molar-refractivity contribution is 0.395. The Bertz CT molecular complexity index is 191. The van der Waals surface area contributed by atoms with Crippen LogP contribution < -0.4 is 0 Å². The summed E-state index contributed by atoms with van der Waals surface area (Å²) in [7, 11) is -2.75. The van der Waals surface area contributed by atoms with Gasteiger partial charge in [0.05, 0.1) is 12.7 Å². The Kier molecular flexibility index (Phi) is 2.31. The van der Waals surface area contributed by atoms with Gasteiger partial charge in [-0.25, -0.2) is 8.42 Å². The van der Waals surface area contributed by atoms with Crippen molar-refractivity contribution in [1.82, 2.24) is 0 Å².